The van der Waals surface area contributed by atoms with Crippen molar-refractivity contribution in [3.05, 3.63) is 45.1 Å². The molecule has 1 heterocycles. The number of hydrogen-bond donors (Lipinski definition) is 2. The van der Waals surface area contributed by atoms with Crippen LogP contribution in [-0.4, -0.2) is 14.3 Å². The molecule has 1 aliphatic rings. The molecule has 3 rings (SSSR count). The van der Waals surface area contributed by atoms with E-state index in [2.05, 4.69) is 26.1 Å². The third-order valence-corrected chi connectivity index (χ3v) is 7.57. The second-order valence-corrected chi connectivity index (χ2v) is 11.0. The molecule has 27 heavy (non-hydrogen) atoms. The van der Waals surface area contributed by atoms with Crippen molar-refractivity contribution in [2.24, 2.45) is 16.5 Å². The van der Waals surface area contributed by atoms with Crippen molar-refractivity contribution in [3.63, 3.8) is 0 Å². The van der Waals surface area contributed by atoms with Crippen LogP contribution in [0, 0.1) is 18.3 Å². The van der Waals surface area contributed by atoms with E-state index in [1.807, 2.05) is 6.07 Å². The molecule has 3 N–H and O–H groups in total. The van der Waals surface area contributed by atoms with Crippen LogP contribution in [0.25, 0.3) is 0 Å². The van der Waals surface area contributed by atoms with Crippen molar-refractivity contribution < 1.29 is 13.2 Å². The summed E-state index contributed by atoms with van der Waals surface area (Å²) in [5, 5.41) is 8.04. The summed E-state index contributed by atoms with van der Waals surface area (Å²) in [6, 6.07) is 6.72. The average molecular weight is 407 g/mol. The summed E-state index contributed by atoms with van der Waals surface area (Å²) < 4.78 is 23.3. The molecule has 146 valence electrons. The van der Waals surface area contributed by atoms with E-state index in [0.717, 1.165) is 19.3 Å². The molecule has 1 aliphatic carbocycles. The van der Waals surface area contributed by atoms with Gasteiger partial charge in [0.2, 0.25) is 10.0 Å². The molecule has 0 saturated heterocycles. The zero-order valence-electron chi connectivity index (χ0n) is 16.1. The molecule has 0 radical (unpaired) electrons. The average Bonchev–Trinajstić information content (AvgIpc) is 2.98. The fourth-order valence-corrected chi connectivity index (χ4v) is 5.46. The Morgan fingerprint density at radius 3 is 2.59 bits per heavy atom. The Morgan fingerprint density at radius 2 is 1.96 bits per heavy atom. The van der Waals surface area contributed by atoms with E-state index in [0.29, 0.717) is 22.0 Å². The lowest BCUT2D eigenvalue weighted by Crippen LogP contribution is -2.26. The minimum Gasteiger partial charge on any atom is -0.321 e. The summed E-state index contributed by atoms with van der Waals surface area (Å²) in [5.41, 5.74) is 2.50. The Labute approximate surface area is 165 Å². The first-order valence-corrected chi connectivity index (χ1v) is 11.4. The van der Waals surface area contributed by atoms with Crippen molar-refractivity contribution in [1.29, 1.82) is 0 Å². The maximum Gasteiger partial charge on any atom is 0.265 e. The van der Waals surface area contributed by atoms with E-state index >= 15 is 0 Å². The molecular weight excluding hydrogens is 380 g/mol. The number of primary sulfonamides is 1. The van der Waals surface area contributed by atoms with Gasteiger partial charge in [0.15, 0.2) is 0 Å². The molecule has 0 unspecified atom stereocenters. The number of nitrogens with two attached hydrogens (primary N) is 1. The fraction of sp³-hybridized carbons (Fsp3) is 0.450. The van der Waals surface area contributed by atoms with Gasteiger partial charge in [-0.3, -0.25) is 4.79 Å². The van der Waals surface area contributed by atoms with Crippen LogP contribution in [0.15, 0.2) is 29.2 Å². The van der Waals surface area contributed by atoms with E-state index in [-0.39, 0.29) is 16.2 Å². The van der Waals surface area contributed by atoms with Gasteiger partial charge >= 0.3 is 0 Å². The predicted molar refractivity (Wildman–Crippen MR) is 110 cm³/mol. The lowest BCUT2D eigenvalue weighted by Gasteiger charge is -2.33. The maximum absolute atomic E-state index is 12.7. The van der Waals surface area contributed by atoms with Gasteiger partial charge < -0.3 is 5.32 Å². The maximum atomic E-state index is 12.7. The summed E-state index contributed by atoms with van der Waals surface area (Å²) in [6.45, 7) is 8.47. The summed E-state index contributed by atoms with van der Waals surface area (Å²) in [6.07, 6.45) is 3.16. The van der Waals surface area contributed by atoms with Crippen molar-refractivity contribution in [2.75, 3.05) is 5.32 Å². The zero-order chi connectivity index (χ0) is 20.0. The number of aryl methyl sites for hydroxylation is 2. The van der Waals surface area contributed by atoms with Crippen molar-refractivity contribution in [2.45, 2.75) is 51.9 Å². The Bertz CT molecular complexity index is 985. The smallest absolute Gasteiger partial charge is 0.265 e. The number of thiophene rings is 1. The molecular formula is C20H26N2O3S2. The van der Waals surface area contributed by atoms with Gasteiger partial charge in [0.25, 0.3) is 5.91 Å². The number of carbonyl (C=O) groups excluding carboxylic acids is 1. The van der Waals surface area contributed by atoms with E-state index in [1.54, 1.807) is 19.1 Å². The summed E-state index contributed by atoms with van der Waals surface area (Å²) >= 11 is 1.53. The third-order valence-electron chi connectivity index (χ3n) is 5.28. The molecule has 0 bridgehead atoms. The second kappa shape index (κ2) is 7.04. The molecule has 1 aromatic carbocycles. The van der Waals surface area contributed by atoms with Crippen LogP contribution in [0.4, 0.5) is 5.69 Å². The number of hydrogen-bond acceptors (Lipinski definition) is 4. The quantitative estimate of drug-likeness (QED) is 0.804. The molecule has 0 fully saturated rings. The fourth-order valence-electron chi connectivity index (χ4n) is 3.55. The molecule has 1 aromatic heterocycles. The van der Waals surface area contributed by atoms with Gasteiger partial charge in [-0.05, 0) is 66.8 Å². The van der Waals surface area contributed by atoms with Gasteiger partial charge in [0, 0.05) is 10.6 Å². The van der Waals surface area contributed by atoms with Crippen LogP contribution in [0.5, 0.6) is 0 Å². The highest BCUT2D eigenvalue weighted by Gasteiger charge is 2.30. The van der Waals surface area contributed by atoms with Crippen molar-refractivity contribution in [1.82, 2.24) is 0 Å². The number of carbonyl (C=O) groups is 1. The van der Waals surface area contributed by atoms with E-state index in [4.69, 9.17) is 5.14 Å². The molecule has 7 heteroatoms. The Hall–Kier alpha value is -1.70. The lowest BCUT2D eigenvalue weighted by atomic mass is 9.72. The van der Waals surface area contributed by atoms with Crippen LogP contribution in [0.1, 0.15) is 52.9 Å². The molecule has 1 atom stereocenters. The topological polar surface area (TPSA) is 89.3 Å². The number of rotatable bonds is 3. The van der Waals surface area contributed by atoms with Crippen LogP contribution < -0.4 is 10.5 Å². The van der Waals surface area contributed by atoms with E-state index in [1.165, 1.54) is 27.8 Å². The first-order valence-electron chi connectivity index (χ1n) is 9.01. The molecule has 1 amide bonds. The highest BCUT2D eigenvalue weighted by Crippen LogP contribution is 2.40. The number of nitrogens with one attached hydrogen (secondary N) is 1. The largest absolute Gasteiger partial charge is 0.321 e. The second-order valence-electron chi connectivity index (χ2n) is 8.34. The normalized spacial score (nSPS) is 17.4. The van der Waals surface area contributed by atoms with Gasteiger partial charge in [-0.25, -0.2) is 13.6 Å². The van der Waals surface area contributed by atoms with Crippen LogP contribution >= 0.6 is 11.3 Å². The molecule has 0 aliphatic heterocycles. The minimum absolute atomic E-state index is 0.0267. The van der Waals surface area contributed by atoms with Gasteiger partial charge in [-0.1, -0.05) is 26.8 Å². The van der Waals surface area contributed by atoms with E-state index in [9.17, 15) is 13.2 Å². The highest BCUT2D eigenvalue weighted by molar-refractivity contribution is 7.89. The van der Waals surface area contributed by atoms with Crippen LogP contribution in [-0.2, 0) is 22.9 Å². The van der Waals surface area contributed by atoms with Crippen LogP contribution in [0.3, 0.4) is 0 Å². The highest BCUT2D eigenvalue weighted by atomic mass is 32.2. The van der Waals surface area contributed by atoms with Gasteiger partial charge in [0.05, 0.1) is 9.77 Å². The predicted octanol–water partition coefficient (Wildman–Crippen LogP) is 4.11. The van der Waals surface area contributed by atoms with Crippen molar-refractivity contribution >= 4 is 33.0 Å². The SMILES string of the molecule is Cc1ccc(NC(=O)c2cc3c(s2)CC[C@H](C(C)(C)C)C3)cc1S(N)(=O)=O. The molecule has 0 saturated carbocycles. The van der Waals surface area contributed by atoms with E-state index < -0.39 is 10.0 Å². The zero-order valence-corrected chi connectivity index (χ0v) is 17.8. The summed E-state index contributed by atoms with van der Waals surface area (Å²) in [7, 11) is -3.83. The van der Waals surface area contributed by atoms with Gasteiger partial charge in [0.1, 0.15) is 0 Å². The van der Waals surface area contributed by atoms with Crippen LogP contribution in [0.2, 0.25) is 0 Å². The molecule has 5 nitrogen and oxygen atoms in total. The summed E-state index contributed by atoms with van der Waals surface area (Å²) in [5.74, 6) is 0.399. The van der Waals surface area contributed by atoms with Crippen molar-refractivity contribution in [3.8, 4) is 0 Å². The Balaban J connectivity index is 1.80. The number of amides is 1. The number of fused-ring (bicyclic) bond motifs is 1. The number of benzene rings is 1. The Morgan fingerprint density at radius 1 is 1.26 bits per heavy atom. The molecule has 0 spiro atoms. The first-order chi connectivity index (χ1) is 12.4. The minimum atomic E-state index is -3.83. The Kier molecular flexibility index (Phi) is 5.22. The third kappa shape index (κ3) is 4.42. The van der Waals surface area contributed by atoms with Gasteiger partial charge in [-0.15, -0.1) is 11.3 Å². The molecule has 2 aromatic rings. The standard InChI is InChI=1S/C20H26N2O3S2/c1-12-5-7-15(11-18(12)27(21,24)25)22-19(23)17-10-13-9-14(20(2,3)4)6-8-16(13)26-17/h5,7,10-11,14H,6,8-9H2,1-4H3,(H,22,23)(H2,21,24,25)/t14-/m0/s1. The van der Waals surface area contributed by atoms with Gasteiger partial charge in [-0.2, -0.15) is 0 Å². The summed E-state index contributed by atoms with van der Waals surface area (Å²) in [4.78, 5) is 14.6. The first kappa shape index (κ1) is 20.0. The monoisotopic (exact) mass is 406 g/mol. The number of anilines is 1. The lowest BCUT2D eigenvalue weighted by molar-refractivity contribution is 0.103. The number of sulfonamides is 1.